The van der Waals surface area contributed by atoms with Crippen molar-refractivity contribution in [2.24, 2.45) is 17.8 Å². The first kappa shape index (κ1) is 32.0. The average Bonchev–Trinajstić information content (AvgIpc) is 2.96. The van der Waals surface area contributed by atoms with Crippen LogP contribution >= 0.6 is 0 Å². The van der Waals surface area contributed by atoms with Gasteiger partial charge in [-0.2, -0.15) is 17.6 Å². The van der Waals surface area contributed by atoms with Crippen molar-refractivity contribution in [3.05, 3.63) is 77.6 Å². The van der Waals surface area contributed by atoms with Gasteiger partial charge in [-0.25, -0.2) is 8.78 Å². The molecule has 2 aliphatic rings. The van der Waals surface area contributed by atoms with Crippen LogP contribution in [0.25, 0.3) is 6.08 Å². The fourth-order valence-corrected chi connectivity index (χ4v) is 6.28. The fourth-order valence-electron chi connectivity index (χ4n) is 6.28. The molecule has 2 nitrogen and oxygen atoms in total. The van der Waals surface area contributed by atoms with Crippen LogP contribution in [0.2, 0.25) is 0 Å². The van der Waals surface area contributed by atoms with Crippen LogP contribution in [-0.2, 0) is 0 Å². The van der Waals surface area contributed by atoms with Crippen LogP contribution in [-0.4, -0.2) is 6.11 Å². The second-order valence-corrected chi connectivity index (χ2v) is 11.7. The largest absolute Gasteiger partial charge is 0.456 e. The van der Waals surface area contributed by atoms with Gasteiger partial charge in [-0.1, -0.05) is 56.9 Å². The number of allylic oxidation sites excluding steroid dienone is 1. The lowest BCUT2D eigenvalue weighted by molar-refractivity contribution is -0.223. The fraction of sp³-hybridized carbons (Fsp3) is 0.529. The zero-order chi connectivity index (χ0) is 30.1. The Hall–Kier alpha value is -2.90. The highest BCUT2D eigenvalue weighted by molar-refractivity contribution is 5.51. The van der Waals surface area contributed by atoms with Gasteiger partial charge in [-0.15, -0.1) is 0 Å². The lowest BCUT2D eigenvalue weighted by atomic mass is 9.77. The molecular weight excluding hydrogens is 554 g/mol. The van der Waals surface area contributed by atoms with Crippen molar-refractivity contribution >= 4 is 6.08 Å². The molecule has 0 aliphatic heterocycles. The minimum atomic E-state index is -3.54. The minimum absolute atomic E-state index is 0.0388. The van der Waals surface area contributed by atoms with Crippen LogP contribution < -0.4 is 9.47 Å². The second-order valence-electron chi connectivity index (χ2n) is 11.7. The van der Waals surface area contributed by atoms with Crippen LogP contribution in [0.15, 0.2) is 54.8 Å². The number of halogens is 6. The third-order valence-corrected chi connectivity index (χ3v) is 8.79. The molecule has 0 bridgehead atoms. The van der Waals surface area contributed by atoms with Crippen molar-refractivity contribution in [3.63, 3.8) is 0 Å². The number of rotatable bonds is 12. The Balaban J connectivity index is 1.25. The molecule has 2 saturated carbocycles. The molecule has 0 radical (unpaired) electrons. The minimum Gasteiger partial charge on any atom is -0.456 e. The highest BCUT2D eigenvalue weighted by atomic mass is 19.3. The van der Waals surface area contributed by atoms with Crippen molar-refractivity contribution in [3.8, 4) is 11.5 Å². The molecule has 0 atom stereocenters. The van der Waals surface area contributed by atoms with Crippen molar-refractivity contribution in [2.45, 2.75) is 96.0 Å². The summed E-state index contributed by atoms with van der Waals surface area (Å²) in [6, 6.07) is 8.19. The van der Waals surface area contributed by atoms with E-state index in [1.807, 2.05) is 18.2 Å². The molecule has 42 heavy (non-hydrogen) atoms. The van der Waals surface area contributed by atoms with E-state index >= 15 is 0 Å². The standard InChI is InChI=1S/C34H40F6O2/c1-2-3-4-5-23-6-11-25(12-7-23)27-15-14-26(30(35)20-27)13-8-24-9-16-28(17-10-24)34(39,40)42-29-18-19-32(31(36)21-29)41-22-33(37)38/h8,13-15,18-25,28H,2-7,9-12,16-17H2,1H3/b13-8+. The van der Waals surface area contributed by atoms with Crippen LogP contribution in [0.1, 0.15) is 101 Å². The molecule has 0 unspecified atom stereocenters. The molecule has 0 amide bonds. The number of hydrogen-bond acceptors (Lipinski definition) is 2. The molecule has 2 aromatic rings. The van der Waals surface area contributed by atoms with Gasteiger partial charge >= 0.3 is 12.2 Å². The van der Waals surface area contributed by atoms with Crippen molar-refractivity contribution in [1.29, 1.82) is 0 Å². The number of benzene rings is 2. The van der Waals surface area contributed by atoms with E-state index < -0.39 is 35.4 Å². The quantitative estimate of drug-likeness (QED) is 0.138. The van der Waals surface area contributed by atoms with E-state index in [1.54, 1.807) is 12.1 Å². The first-order chi connectivity index (χ1) is 20.1. The van der Waals surface area contributed by atoms with E-state index in [0.29, 0.717) is 30.4 Å². The van der Waals surface area contributed by atoms with E-state index in [9.17, 15) is 26.3 Å². The number of hydrogen-bond donors (Lipinski definition) is 0. The Labute approximate surface area is 244 Å². The van der Waals surface area contributed by atoms with Gasteiger partial charge in [0.05, 0.1) is 5.92 Å². The summed E-state index contributed by atoms with van der Waals surface area (Å²) in [5, 5.41) is 0. The number of ether oxygens (including phenoxy) is 2. The normalized spacial score (nSPS) is 23.1. The molecule has 0 aromatic heterocycles. The summed E-state index contributed by atoms with van der Waals surface area (Å²) < 4.78 is 92.2. The Morgan fingerprint density at radius 3 is 2.26 bits per heavy atom. The van der Waals surface area contributed by atoms with Crippen molar-refractivity contribution in [1.82, 2.24) is 0 Å². The topological polar surface area (TPSA) is 18.5 Å². The first-order valence-electron chi connectivity index (χ1n) is 15.2. The van der Waals surface area contributed by atoms with E-state index in [0.717, 1.165) is 36.5 Å². The molecule has 2 fully saturated rings. The summed E-state index contributed by atoms with van der Waals surface area (Å²) in [7, 11) is 0. The third kappa shape index (κ3) is 9.05. The van der Waals surface area contributed by atoms with Crippen molar-refractivity contribution < 1.29 is 35.8 Å². The van der Waals surface area contributed by atoms with Gasteiger partial charge in [0.1, 0.15) is 11.6 Å². The van der Waals surface area contributed by atoms with Crippen LogP contribution in [0.4, 0.5) is 26.3 Å². The number of alkyl halides is 2. The van der Waals surface area contributed by atoms with Gasteiger partial charge in [-0.3, -0.25) is 0 Å². The SMILES string of the molecule is CCCCCC1CCC(c2ccc(/C=C/C3CCC(C(F)(F)Oc4ccc(OC=C(F)F)c(F)c4)CC3)c(F)c2)CC1. The highest BCUT2D eigenvalue weighted by Gasteiger charge is 2.43. The molecule has 2 aromatic carbocycles. The van der Waals surface area contributed by atoms with E-state index in [2.05, 4.69) is 11.7 Å². The second kappa shape index (κ2) is 15.0. The molecule has 230 valence electrons. The van der Waals surface area contributed by atoms with Gasteiger partial charge in [0.15, 0.2) is 17.8 Å². The maximum atomic E-state index is 15.0. The predicted molar refractivity (Wildman–Crippen MR) is 153 cm³/mol. The molecule has 0 N–H and O–H groups in total. The monoisotopic (exact) mass is 594 g/mol. The van der Waals surface area contributed by atoms with E-state index in [1.165, 1.54) is 38.5 Å². The Bertz CT molecular complexity index is 1210. The summed E-state index contributed by atoms with van der Waals surface area (Å²) in [6.07, 6.45) is 9.17. The molecule has 4 rings (SSSR count). The lowest BCUT2D eigenvalue weighted by Gasteiger charge is -2.32. The molecule has 0 heterocycles. The Morgan fingerprint density at radius 2 is 1.62 bits per heavy atom. The zero-order valence-corrected chi connectivity index (χ0v) is 24.1. The number of unbranched alkanes of at least 4 members (excludes halogenated alkanes) is 2. The van der Waals surface area contributed by atoms with Crippen LogP contribution in [0.5, 0.6) is 11.5 Å². The van der Waals surface area contributed by atoms with Gasteiger partial charge in [0.25, 0.3) is 0 Å². The summed E-state index contributed by atoms with van der Waals surface area (Å²) >= 11 is 0. The summed E-state index contributed by atoms with van der Waals surface area (Å²) in [5.41, 5.74) is 1.56. The summed E-state index contributed by atoms with van der Waals surface area (Å²) in [4.78, 5) is 0. The average molecular weight is 595 g/mol. The lowest BCUT2D eigenvalue weighted by Crippen LogP contribution is -2.37. The van der Waals surface area contributed by atoms with Gasteiger partial charge in [-0.05, 0) is 92.9 Å². The van der Waals surface area contributed by atoms with E-state index in [-0.39, 0.29) is 30.8 Å². The van der Waals surface area contributed by atoms with Gasteiger partial charge in [0, 0.05) is 11.6 Å². The van der Waals surface area contributed by atoms with Crippen molar-refractivity contribution in [2.75, 3.05) is 0 Å². The summed E-state index contributed by atoms with van der Waals surface area (Å²) in [6.45, 7) is 2.23. The third-order valence-electron chi connectivity index (χ3n) is 8.79. The molecule has 8 heteroatoms. The van der Waals surface area contributed by atoms with E-state index in [4.69, 9.17) is 4.74 Å². The smallest absolute Gasteiger partial charge is 0.400 e. The zero-order valence-electron chi connectivity index (χ0n) is 24.1. The van der Waals surface area contributed by atoms with Gasteiger partial charge in [0.2, 0.25) is 0 Å². The maximum absolute atomic E-state index is 15.0. The molecule has 0 saturated heterocycles. The maximum Gasteiger partial charge on any atom is 0.400 e. The van der Waals surface area contributed by atoms with Crippen LogP contribution in [0.3, 0.4) is 0 Å². The first-order valence-corrected chi connectivity index (χ1v) is 15.2. The Morgan fingerprint density at radius 1 is 0.881 bits per heavy atom. The highest BCUT2D eigenvalue weighted by Crippen LogP contribution is 2.42. The molecular formula is C34H40F6O2. The predicted octanol–water partition coefficient (Wildman–Crippen LogP) is 11.4. The molecule has 2 aliphatic carbocycles. The molecule has 0 spiro atoms. The summed E-state index contributed by atoms with van der Waals surface area (Å²) in [5.74, 6) is -2.12. The van der Waals surface area contributed by atoms with Gasteiger partial charge < -0.3 is 9.47 Å². The Kier molecular flexibility index (Phi) is 11.4. The van der Waals surface area contributed by atoms with Crippen LogP contribution in [0, 0.1) is 29.4 Å².